The largest absolute Gasteiger partial charge is 0.498 e. The molecule has 2 aromatic heterocycles. The number of halogens is 2. The second kappa shape index (κ2) is 6.42. The Hall–Kier alpha value is -1.80. The quantitative estimate of drug-likeness (QED) is 0.784. The Labute approximate surface area is 152 Å². The van der Waals surface area contributed by atoms with Crippen molar-refractivity contribution in [2.75, 3.05) is 0 Å². The third-order valence-corrected chi connectivity index (χ3v) is 5.25. The first-order valence-corrected chi connectivity index (χ1v) is 8.72. The number of rotatable bonds is 4. The first-order valence-electron chi connectivity index (χ1n) is 8.72. The lowest BCUT2D eigenvalue weighted by Crippen LogP contribution is -2.41. The van der Waals surface area contributed by atoms with Gasteiger partial charge in [0.05, 0.1) is 35.2 Å². The molecule has 3 heterocycles. The van der Waals surface area contributed by atoms with Crippen LogP contribution in [-0.4, -0.2) is 33.1 Å². The average molecular weight is 363 g/mol. The van der Waals surface area contributed by atoms with Crippen LogP contribution in [0.1, 0.15) is 53.1 Å². The van der Waals surface area contributed by atoms with Gasteiger partial charge in [-0.25, -0.2) is 8.78 Å². The molecule has 1 aliphatic heterocycles. The summed E-state index contributed by atoms with van der Waals surface area (Å²) in [7, 11) is -0.575. The van der Waals surface area contributed by atoms with Crippen LogP contribution in [-0.2, 0) is 9.31 Å². The van der Waals surface area contributed by atoms with Gasteiger partial charge in [-0.2, -0.15) is 5.10 Å². The summed E-state index contributed by atoms with van der Waals surface area (Å²) in [4.78, 5) is 3.56. The van der Waals surface area contributed by atoms with E-state index in [1.54, 1.807) is 17.1 Å². The molecule has 8 heteroatoms. The molecule has 1 atom stereocenters. The van der Waals surface area contributed by atoms with Gasteiger partial charge in [-0.15, -0.1) is 0 Å². The minimum atomic E-state index is -0.684. The molecule has 26 heavy (non-hydrogen) atoms. The van der Waals surface area contributed by atoms with E-state index < -0.39 is 36.0 Å². The Balaban J connectivity index is 1.95. The molecule has 3 rings (SSSR count). The number of hydrogen-bond donors (Lipinski definition) is 0. The van der Waals surface area contributed by atoms with E-state index in [0.717, 1.165) is 12.4 Å². The topological polar surface area (TPSA) is 49.2 Å². The smallest absolute Gasteiger partial charge is 0.399 e. The summed E-state index contributed by atoms with van der Waals surface area (Å²) in [5.74, 6) is -1.46. The van der Waals surface area contributed by atoms with Crippen molar-refractivity contribution in [3.8, 4) is 0 Å². The third kappa shape index (κ3) is 3.16. The van der Waals surface area contributed by atoms with Crippen molar-refractivity contribution in [3.05, 3.63) is 42.0 Å². The van der Waals surface area contributed by atoms with Gasteiger partial charge in [0.25, 0.3) is 0 Å². The lowest BCUT2D eigenvalue weighted by molar-refractivity contribution is 0.00578. The maximum atomic E-state index is 14.3. The normalized spacial score (nSPS) is 20.0. The van der Waals surface area contributed by atoms with E-state index in [0.29, 0.717) is 5.46 Å². The molecule has 2 aromatic rings. The van der Waals surface area contributed by atoms with Gasteiger partial charge in [0.2, 0.25) is 0 Å². The van der Waals surface area contributed by atoms with Crippen LogP contribution >= 0.6 is 0 Å². The van der Waals surface area contributed by atoms with Crippen LogP contribution in [0.4, 0.5) is 8.78 Å². The molecular formula is C18H24BF2N3O2. The van der Waals surface area contributed by atoms with E-state index in [9.17, 15) is 8.78 Å². The lowest BCUT2D eigenvalue weighted by Gasteiger charge is -2.32. The Morgan fingerprint density at radius 3 is 2.04 bits per heavy atom. The van der Waals surface area contributed by atoms with Gasteiger partial charge in [-0.05, 0) is 33.6 Å². The molecule has 1 fully saturated rings. The second-order valence-electron chi connectivity index (χ2n) is 8.05. The molecule has 5 nitrogen and oxygen atoms in total. The van der Waals surface area contributed by atoms with Gasteiger partial charge in [0.15, 0.2) is 0 Å². The molecule has 0 aromatic carbocycles. The standard InChI is InChI=1S/C18H24BF2N3O2/c1-11(2)16(15-13(20)8-22-9-14(15)21)24-10-12(7-23-24)19-25-17(3,4)18(5,6)26-19/h7-11,16H,1-6H3. The molecule has 0 aliphatic carbocycles. The minimum Gasteiger partial charge on any atom is -0.399 e. The highest BCUT2D eigenvalue weighted by Gasteiger charge is 2.52. The van der Waals surface area contributed by atoms with Crippen LogP contribution in [0.3, 0.4) is 0 Å². The summed E-state index contributed by atoms with van der Waals surface area (Å²) in [5, 5.41) is 4.34. The zero-order valence-electron chi connectivity index (χ0n) is 16.0. The average Bonchev–Trinajstić information content (AvgIpc) is 3.06. The Kier molecular flexibility index (Phi) is 4.69. The first-order chi connectivity index (χ1) is 12.0. The van der Waals surface area contributed by atoms with Crippen molar-refractivity contribution in [2.45, 2.75) is 58.8 Å². The molecule has 1 unspecified atom stereocenters. The molecule has 0 saturated carbocycles. The van der Waals surface area contributed by atoms with E-state index in [-0.39, 0.29) is 11.5 Å². The van der Waals surface area contributed by atoms with Crippen LogP contribution in [0.5, 0.6) is 0 Å². The van der Waals surface area contributed by atoms with Crippen LogP contribution in [0.25, 0.3) is 0 Å². The Morgan fingerprint density at radius 2 is 1.54 bits per heavy atom. The molecule has 140 valence electrons. The predicted molar refractivity (Wildman–Crippen MR) is 95.1 cm³/mol. The van der Waals surface area contributed by atoms with E-state index in [1.807, 2.05) is 41.5 Å². The fourth-order valence-corrected chi connectivity index (χ4v) is 3.08. The molecule has 0 amide bonds. The summed E-state index contributed by atoms with van der Waals surface area (Å²) in [6, 6.07) is -0.603. The fourth-order valence-electron chi connectivity index (χ4n) is 3.08. The van der Waals surface area contributed by atoms with E-state index in [4.69, 9.17) is 9.31 Å². The number of aromatic nitrogens is 3. The summed E-state index contributed by atoms with van der Waals surface area (Å²) in [6.45, 7) is 11.7. The minimum absolute atomic E-state index is 0.0430. The van der Waals surface area contributed by atoms with E-state index in [1.165, 1.54) is 0 Å². The van der Waals surface area contributed by atoms with E-state index in [2.05, 4.69) is 10.1 Å². The number of pyridine rings is 1. The van der Waals surface area contributed by atoms with Gasteiger partial charge in [-0.1, -0.05) is 13.8 Å². The van der Waals surface area contributed by atoms with Crippen molar-refractivity contribution in [2.24, 2.45) is 5.92 Å². The second-order valence-corrected chi connectivity index (χ2v) is 8.05. The number of nitrogens with zero attached hydrogens (tertiary/aromatic N) is 3. The van der Waals surface area contributed by atoms with Crippen LogP contribution in [0, 0.1) is 17.6 Å². The zero-order chi connectivity index (χ0) is 19.3. The fraction of sp³-hybridized carbons (Fsp3) is 0.556. The molecule has 0 spiro atoms. The Bertz CT molecular complexity index is 771. The van der Waals surface area contributed by atoms with Crippen LogP contribution in [0.15, 0.2) is 24.8 Å². The maximum absolute atomic E-state index is 14.3. The molecular weight excluding hydrogens is 339 g/mol. The Morgan fingerprint density at radius 1 is 1.00 bits per heavy atom. The van der Waals surface area contributed by atoms with Crippen molar-refractivity contribution >= 4 is 12.6 Å². The van der Waals surface area contributed by atoms with Gasteiger partial charge >= 0.3 is 7.12 Å². The van der Waals surface area contributed by atoms with Gasteiger partial charge in [-0.3, -0.25) is 9.67 Å². The third-order valence-electron chi connectivity index (χ3n) is 5.25. The SMILES string of the molecule is CC(C)C(c1c(F)cncc1F)n1cc(B2OC(C)(C)C(C)(C)O2)cn1. The lowest BCUT2D eigenvalue weighted by atomic mass is 9.82. The van der Waals surface area contributed by atoms with Crippen LogP contribution in [0.2, 0.25) is 0 Å². The van der Waals surface area contributed by atoms with Gasteiger partial charge < -0.3 is 9.31 Å². The summed E-state index contributed by atoms with van der Waals surface area (Å²) in [6.07, 6.45) is 5.39. The van der Waals surface area contributed by atoms with Crippen molar-refractivity contribution in [1.29, 1.82) is 0 Å². The summed E-state index contributed by atoms with van der Waals surface area (Å²) in [5.41, 5.74) is -0.274. The first kappa shape index (κ1) is 19.0. The highest BCUT2D eigenvalue weighted by molar-refractivity contribution is 6.62. The highest BCUT2D eigenvalue weighted by atomic mass is 19.1. The van der Waals surface area contributed by atoms with Crippen molar-refractivity contribution in [3.63, 3.8) is 0 Å². The number of hydrogen-bond acceptors (Lipinski definition) is 4. The molecule has 0 radical (unpaired) electrons. The molecule has 0 N–H and O–H groups in total. The predicted octanol–water partition coefficient (Wildman–Crippen LogP) is 3.10. The highest BCUT2D eigenvalue weighted by Crippen LogP contribution is 2.36. The monoisotopic (exact) mass is 363 g/mol. The van der Waals surface area contributed by atoms with Gasteiger partial charge in [0.1, 0.15) is 11.6 Å². The molecule has 0 bridgehead atoms. The molecule has 1 saturated heterocycles. The van der Waals surface area contributed by atoms with Crippen molar-refractivity contribution < 1.29 is 18.1 Å². The maximum Gasteiger partial charge on any atom is 0.498 e. The van der Waals surface area contributed by atoms with Gasteiger partial charge in [0, 0.05) is 17.9 Å². The van der Waals surface area contributed by atoms with E-state index >= 15 is 0 Å². The summed E-state index contributed by atoms with van der Waals surface area (Å²) < 4.78 is 42.1. The van der Waals surface area contributed by atoms with Crippen LogP contribution < -0.4 is 5.46 Å². The zero-order valence-corrected chi connectivity index (χ0v) is 16.0. The van der Waals surface area contributed by atoms with Crippen molar-refractivity contribution in [1.82, 2.24) is 14.8 Å². The summed E-state index contributed by atoms with van der Waals surface area (Å²) >= 11 is 0. The molecule has 1 aliphatic rings.